The summed E-state index contributed by atoms with van der Waals surface area (Å²) in [4.78, 5) is 41.8. The molecule has 9 heteroatoms. The van der Waals surface area contributed by atoms with Crippen LogP contribution in [0.3, 0.4) is 0 Å². The number of amidine groups is 2. The summed E-state index contributed by atoms with van der Waals surface area (Å²) in [6, 6.07) is 21.7. The number of benzene rings is 2. The highest BCUT2D eigenvalue weighted by Gasteiger charge is 2.41. The fourth-order valence-electron chi connectivity index (χ4n) is 4.04. The molecule has 6 rings (SSSR count). The highest BCUT2D eigenvalue weighted by molar-refractivity contribution is 9.10. The number of aromatic nitrogens is 2. The lowest BCUT2D eigenvalue weighted by Gasteiger charge is -2.25. The molecule has 0 radical (unpaired) electrons. The smallest absolute Gasteiger partial charge is 0.263 e. The van der Waals surface area contributed by atoms with E-state index in [2.05, 4.69) is 20.9 Å². The van der Waals surface area contributed by atoms with E-state index >= 15 is 0 Å². The van der Waals surface area contributed by atoms with Crippen molar-refractivity contribution in [3.05, 3.63) is 111 Å². The Morgan fingerprint density at radius 2 is 1.76 bits per heavy atom. The third kappa shape index (κ3) is 3.57. The Bertz CT molecular complexity index is 1580. The second-order valence-corrected chi connectivity index (χ2v) is 9.66. The monoisotopic (exact) mass is 529 g/mol. The molecule has 34 heavy (non-hydrogen) atoms. The molecule has 2 aromatic heterocycles. The van der Waals surface area contributed by atoms with Gasteiger partial charge in [-0.25, -0.2) is 19.9 Å². The van der Waals surface area contributed by atoms with Crippen molar-refractivity contribution in [1.29, 1.82) is 0 Å². The van der Waals surface area contributed by atoms with Crippen molar-refractivity contribution in [3.63, 3.8) is 0 Å². The van der Waals surface area contributed by atoms with Crippen LogP contribution in [0.1, 0.15) is 22.9 Å². The normalized spacial score (nSPS) is 16.8. The van der Waals surface area contributed by atoms with Crippen LogP contribution in [0, 0.1) is 0 Å². The fraction of sp³-hybridized carbons (Fsp3) is 0.0800. The van der Waals surface area contributed by atoms with Gasteiger partial charge in [-0.15, -0.1) is 0 Å². The van der Waals surface area contributed by atoms with E-state index in [4.69, 9.17) is 9.98 Å². The van der Waals surface area contributed by atoms with E-state index in [0.29, 0.717) is 28.1 Å². The number of nitrogens with zero attached hydrogens (tertiary/aromatic N) is 5. The van der Waals surface area contributed by atoms with Gasteiger partial charge in [-0.05, 0) is 45.8 Å². The number of thioether (sulfide) groups is 1. The van der Waals surface area contributed by atoms with Crippen molar-refractivity contribution in [2.75, 3.05) is 0 Å². The maximum Gasteiger partial charge on any atom is 0.263 e. The summed E-state index contributed by atoms with van der Waals surface area (Å²) in [5, 5.41) is 0.527. The molecule has 0 fully saturated rings. The molecule has 7 nitrogen and oxygen atoms in total. The Morgan fingerprint density at radius 1 is 0.971 bits per heavy atom. The Balaban J connectivity index is 1.36. The third-order valence-electron chi connectivity index (χ3n) is 5.61. The number of halogens is 1. The molecule has 0 spiro atoms. The predicted octanol–water partition coefficient (Wildman–Crippen LogP) is 4.72. The zero-order chi connectivity index (χ0) is 23.2. The SMILES string of the molecule is O=C1[C@@H](c2ccccc2)N=C2c3ccccc3N=C(SCc3cc(=O)n4cc(Br)ccc4n3)N12. The number of carbonyl (C=O) groups is 1. The molecule has 0 bridgehead atoms. The van der Waals surface area contributed by atoms with Crippen LogP contribution in [0.5, 0.6) is 0 Å². The van der Waals surface area contributed by atoms with Crippen molar-refractivity contribution in [2.45, 2.75) is 11.8 Å². The Kier molecular flexibility index (Phi) is 5.15. The number of carbonyl (C=O) groups excluding carboxylic acids is 1. The molecule has 0 aliphatic carbocycles. The maximum absolute atomic E-state index is 13.5. The quantitative estimate of drug-likeness (QED) is 0.384. The predicted molar refractivity (Wildman–Crippen MR) is 137 cm³/mol. The van der Waals surface area contributed by atoms with Crippen molar-refractivity contribution in [2.24, 2.45) is 9.98 Å². The van der Waals surface area contributed by atoms with E-state index in [9.17, 15) is 9.59 Å². The minimum Gasteiger partial charge on any atom is -0.271 e. The first-order valence-corrected chi connectivity index (χ1v) is 12.3. The van der Waals surface area contributed by atoms with Crippen LogP contribution in [0.4, 0.5) is 5.69 Å². The first kappa shape index (κ1) is 21.0. The van der Waals surface area contributed by atoms with Gasteiger partial charge in [0.25, 0.3) is 11.5 Å². The summed E-state index contributed by atoms with van der Waals surface area (Å²) in [6.45, 7) is 0. The second kappa shape index (κ2) is 8.34. The lowest BCUT2D eigenvalue weighted by molar-refractivity contribution is -0.124. The van der Waals surface area contributed by atoms with Crippen LogP contribution in [0.25, 0.3) is 5.65 Å². The number of hydrogen-bond acceptors (Lipinski definition) is 6. The van der Waals surface area contributed by atoms with Gasteiger partial charge < -0.3 is 0 Å². The molecule has 0 saturated heterocycles. The average Bonchev–Trinajstić information content (AvgIpc) is 3.21. The lowest BCUT2D eigenvalue weighted by atomic mass is 10.1. The summed E-state index contributed by atoms with van der Waals surface area (Å²) in [5.74, 6) is 0.845. The topological polar surface area (TPSA) is 79.4 Å². The number of hydrogen-bond donors (Lipinski definition) is 0. The number of amides is 1. The molecule has 2 aliphatic rings. The molecule has 4 heterocycles. The van der Waals surface area contributed by atoms with E-state index in [1.807, 2.05) is 60.7 Å². The van der Waals surface area contributed by atoms with Crippen LogP contribution < -0.4 is 5.56 Å². The van der Waals surface area contributed by atoms with Gasteiger partial charge in [0, 0.05) is 28.1 Å². The maximum atomic E-state index is 13.5. The molecule has 4 aromatic rings. The highest BCUT2D eigenvalue weighted by atomic mass is 79.9. The second-order valence-electron chi connectivity index (χ2n) is 7.80. The zero-order valence-corrected chi connectivity index (χ0v) is 20.0. The molecular formula is C25H16BrN5O2S. The van der Waals surface area contributed by atoms with Crippen LogP contribution in [-0.4, -0.2) is 31.2 Å². The first-order chi connectivity index (χ1) is 16.6. The van der Waals surface area contributed by atoms with E-state index in [-0.39, 0.29) is 11.5 Å². The number of rotatable bonds is 3. The van der Waals surface area contributed by atoms with E-state index in [1.54, 1.807) is 17.2 Å². The summed E-state index contributed by atoms with van der Waals surface area (Å²) >= 11 is 4.74. The number of aliphatic imine (C=N–C) groups is 2. The Morgan fingerprint density at radius 3 is 2.62 bits per heavy atom. The van der Waals surface area contributed by atoms with Gasteiger partial charge in [0.05, 0.1) is 11.4 Å². The molecule has 0 N–H and O–H groups in total. The van der Waals surface area contributed by atoms with Crippen LogP contribution >= 0.6 is 27.7 Å². The van der Waals surface area contributed by atoms with Crippen LogP contribution in [0.2, 0.25) is 0 Å². The standard InChI is InChI=1S/C25H16BrN5O2S/c26-16-10-11-20-27-17(12-21(32)30(20)13-16)14-34-25-28-19-9-5-4-8-18(19)23-29-22(24(33)31(23)25)15-6-2-1-3-7-15/h1-13,22H,14H2/t22-/m1/s1. The van der Waals surface area contributed by atoms with Gasteiger partial charge in [0.15, 0.2) is 11.2 Å². The number of pyridine rings is 1. The molecule has 1 amide bonds. The highest BCUT2D eigenvalue weighted by Crippen LogP contribution is 2.38. The minimum absolute atomic E-state index is 0.140. The molecule has 1 atom stereocenters. The van der Waals surface area contributed by atoms with E-state index < -0.39 is 6.04 Å². The largest absolute Gasteiger partial charge is 0.271 e. The molecule has 166 valence electrons. The van der Waals surface area contributed by atoms with Crippen molar-refractivity contribution in [3.8, 4) is 0 Å². The van der Waals surface area contributed by atoms with Gasteiger partial charge in [-0.1, -0.05) is 54.2 Å². The number of fused-ring (bicyclic) bond motifs is 4. The van der Waals surface area contributed by atoms with E-state index in [0.717, 1.165) is 21.3 Å². The van der Waals surface area contributed by atoms with Crippen LogP contribution in [0.15, 0.2) is 98.2 Å². The van der Waals surface area contributed by atoms with Crippen molar-refractivity contribution in [1.82, 2.24) is 14.3 Å². The average molecular weight is 530 g/mol. The lowest BCUT2D eigenvalue weighted by Crippen LogP contribution is -2.39. The summed E-state index contributed by atoms with van der Waals surface area (Å²) in [5.41, 5.74) is 3.44. The van der Waals surface area contributed by atoms with Gasteiger partial charge >= 0.3 is 0 Å². The summed E-state index contributed by atoms with van der Waals surface area (Å²) in [7, 11) is 0. The van der Waals surface area contributed by atoms with Gasteiger partial charge in [-0.2, -0.15) is 0 Å². The molecule has 2 aliphatic heterocycles. The van der Waals surface area contributed by atoms with Crippen molar-refractivity contribution < 1.29 is 4.79 Å². The van der Waals surface area contributed by atoms with Gasteiger partial charge in [0.2, 0.25) is 0 Å². The van der Waals surface area contributed by atoms with Gasteiger partial charge in [0.1, 0.15) is 11.5 Å². The molecular weight excluding hydrogens is 514 g/mol. The third-order valence-corrected chi connectivity index (χ3v) is 7.05. The fourth-order valence-corrected chi connectivity index (χ4v) is 5.27. The Hall–Kier alpha value is -3.56. The zero-order valence-electron chi connectivity index (χ0n) is 17.6. The van der Waals surface area contributed by atoms with Gasteiger partial charge in [-0.3, -0.25) is 14.0 Å². The number of para-hydroxylation sites is 1. The Labute approximate surface area is 207 Å². The summed E-state index contributed by atoms with van der Waals surface area (Å²) in [6.07, 6.45) is 1.69. The molecule has 0 unspecified atom stereocenters. The van der Waals surface area contributed by atoms with Crippen molar-refractivity contribution >= 4 is 55.9 Å². The molecule has 2 aromatic carbocycles. The molecule has 0 saturated carbocycles. The van der Waals surface area contributed by atoms with E-state index in [1.165, 1.54) is 22.2 Å². The summed E-state index contributed by atoms with van der Waals surface area (Å²) < 4.78 is 2.29. The van der Waals surface area contributed by atoms with Crippen LogP contribution in [-0.2, 0) is 10.5 Å². The minimum atomic E-state index is -0.616. The first-order valence-electron chi connectivity index (χ1n) is 10.5.